The summed E-state index contributed by atoms with van der Waals surface area (Å²) >= 11 is 0. The molecular weight excluding hydrogens is 520 g/mol. The van der Waals surface area contributed by atoms with E-state index in [4.69, 9.17) is 19.7 Å². The molecule has 14 heteroatoms. The van der Waals surface area contributed by atoms with Crippen LogP contribution in [0.4, 0.5) is 14.6 Å². The Morgan fingerprint density at radius 2 is 1.94 bits per heavy atom. The minimum Gasteiger partial charge on any atom is -0.495 e. The molecule has 0 aliphatic carbocycles. The smallest absolute Gasteiger partial charge is 0.387 e. The molecule has 4 rings (SSSR count). The number of nitrogens with zero attached hydrogens (tertiary/aromatic N) is 3. The van der Waals surface area contributed by atoms with Crippen molar-refractivity contribution in [2.45, 2.75) is 37.9 Å². The summed E-state index contributed by atoms with van der Waals surface area (Å²) in [6, 6.07) is 7.65. The summed E-state index contributed by atoms with van der Waals surface area (Å²) in [5.41, 5.74) is 7.73. The molecule has 0 aliphatic rings. The fourth-order valence-corrected chi connectivity index (χ4v) is 4.79. The molecule has 0 unspecified atom stereocenters. The normalized spacial score (nSPS) is 11.5. The lowest BCUT2D eigenvalue weighted by molar-refractivity contribution is -0.0488. The molecule has 3 N–H and O–H groups in total. The number of anilines is 1. The van der Waals surface area contributed by atoms with Crippen LogP contribution in [0.3, 0.4) is 0 Å². The molecule has 0 amide bonds. The van der Waals surface area contributed by atoms with Gasteiger partial charge in [0.15, 0.2) is 11.4 Å². The third-order valence-corrected chi connectivity index (χ3v) is 6.60. The molecule has 36 heavy (non-hydrogen) atoms. The van der Waals surface area contributed by atoms with Gasteiger partial charge in [-0.25, -0.2) is 8.42 Å². The number of alkyl halides is 2. The Hall–Kier alpha value is -3.42. The van der Waals surface area contributed by atoms with Crippen LogP contribution in [0, 0.1) is 0 Å². The summed E-state index contributed by atoms with van der Waals surface area (Å²) in [6.45, 7) is -0.778. The number of sulfonamides is 1. The van der Waals surface area contributed by atoms with E-state index in [1.165, 1.54) is 25.3 Å². The molecule has 0 bridgehead atoms. The number of nitrogens with one attached hydrogen (secondary N) is 1. The van der Waals surface area contributed by atoms with Crippen LogP contribution in [0.1, 0.15) is 23.6 Å². The van der Waals surface area contributed by atoms with Gasteiger partial charge in [0.1, 0.15) is 21.8 Å². The zero-order valence-corrected chi connectivity index (χ0v) is 20.9. The van der Waals surface area contributed by atoms with Crippen molar-refractivity contribution >= 4 is 39.2 Å². The van der Waals surface area contributed by atoms with Gasteiger partial charge in [-0.15, -0.1) is 12.4 Å². The number of rotatable bonds is 10. The molecule has 2 heterocycles. The zero-order chi connectivity index (χ0) is 25.2. The predicted molar refractivity (Wildman–Crippen MR) is 130 cm³/mol. The molecule has 0 saturated heterocycles. The first-order valence-electron chi connectivity index (χ1n) is 10.5. The van der Waals surface area contributed by atoms with Gasteiger partial charge < -0.3 is 19.7 Å². The summed E-state index contributed by atoms with van der Waals surface area (Å²) in [5.74, 6) is -0.479. The van der Waals surface area contributed by atoms with Crippen molar-refractivity contribution in [3.8, 4) is 11.5 Å². The Labute approximate surface area is 211 Å². The molecular formula is C22H24ClF2N5O5S. The third-order valence-electron chi connectivity index (χ3n) is 5.24. The van der Waals surface area contributed by atoms with Crippen LogP contribution in [0.2, 0.25) is 0 Å². The van der Waals surface area contributed by atoms with E-state index in [-0.39, 0.29) is 52.1 Å². The second-order valence-corrected chi connectivity index (χ2v) is 9.22. The van der Waals surface area contributed by atoms with Crippen LogP contribution in [0.5, 0.6) is 11.5 Å². The van der Waals surface area contributed by atoms with Gasteiger partial charge in [-0.05, 0) is 41.8 Å². The first-order chi connectivity index (χ1) is 16.7. The van der Waals surface area contributed by atoms with E-state index in [2.05, 4.69) is 15.0 Å². The number of aryl methyl sites for hydroxylation is 1. The molecule has 0 radical (unpaired) electrons. The number of nitrogens with two attached hydrogens (primary N) is 1. The highest BCUT2D eigenvalue weighted by molar-refractivity contribution is 7.92. The quantitative estimate of drug-likeness (QED) is 0.307. The van der Waals surface area contributed by atoms with Crippen molar-refractivity contribution < 1.29 is 31.2 Å². The molecule has 0 spiro atoms. The highest BCUT2D eigenvalue weighted by Gasteiger charge is 2.26. The Bertz CT molecular complexity index is 1460. The molecule has 10 nitrogen and oxygen atoms in total. The van der Waals surface area contributed by atoms with Crippen molar-refractivity contribution in [3.05, 3.63) is 59.4 Å². The SMILES string of the molecule is CCc1ccc(OC)c(S(=O)(=O)Nc2noc3cc(Cn4cc(CN)cn4)cc(OC(F)F)c23)c1.Cl. The predicted octanol–water partition coefficient (Wildman–Crippen LogP) is 3.93. The Morgan fingerprint density at radius 3 is 2.58 bits per heavy atom. The molecule has 0 aliphatic heterocycles. The molecule has 2 aromatic carbocycles. The van der Waals surface area contributed by atoms with Crippen molar-refractivity contribution in [3.63, 3.8) is 0 Å². The first kappa shape index (κ1) is 27.2. The third kappa shape index (κ3) is 5.69. The Kier molecular flexibility index (Phi) is 8.38. The van der Waals surface area contributed by atoms with E-state index in [9.17, 15) is 17.2 Å². The Morgan fingerprint density at radius 1 is 1.17 bits per heavy atom. The second-order valence-electron chi connectivity index (χ2n) is 7.57. The summed E-state index contributed by atoms with van der Waals surface area (Å²) < 4.78 is 71.8. The van der Waals surface area contributed by atoms with E-state index in [1.807, 2.05) is 6.92 Å². The molecule has 4 aromatic rings. The number of halogens is 3. The number of aromatic nitrogens is 3. The minimum atomic E-state index is -4.22. The monoisotopic (exact) mass is 543 g/mol. The number of hydrogen-bond donors (Lipinski definition) is 2. The second kappa shape index (κ2) is 11.1. The van der Waals surface area contributed by atoms with Crippen LogP contribution in [0.15, 0.2) is 52.1 Å². The fourth-order valence-electron chi connectivity index (χ4n) is 3.56. The summed E-state index contributed by atoms with van der Waals surface area (Å²) in [4.78, 5) is -0.127. The lowest BCUT2D eigenvalue weighted by Crippen LogP contribution is -2.15. The van der Waals surface area contributed by atoms with Gasteiger partial charge in [-0.2, -0.15) is 13.9 Å². The van der Waals surface area contributed by atoms with Crippen molar-refractivity contribution in [1.29, 1.82) is 0 Å². The van der Waals surface area contributed by atoms with Crippen molar-refractivity contribution in [2.75, 3.05) is 11.8 Å². The zero-order valence-electron chi connectivity index (χ0n) is 19.3. The molecule has 2 aromatic heterocycles. The van der Waals surface area contributed by atoms with E-state index in [1.54, 1.807) is 29.2 Å². The minimum absolute atomic E-state index is 0. The topological polar surface area (TPSA) is 134 Å². The van der Waals surface area contributed by atoms with Crippen LogP contribution in [-0.2, 0) is 29.5 Å². The molecule has 0 atom stereocenters. The van der Waals surface area contributed by atoms with E-state index >= 15 is 0 Å². The summed E-state index contributed by atoms with van der Waals surface area (Å²) in [5, 5.41) is 7.89. The summed E-state index contributed by atoms with van der Waals surface area (Å²) in [6.07, 6.45) is 3.91. The standard InChI is InChI=1S/C22H23F2N5O5S.ClH/c1-3-13-4-5-16(32-2)19(8-13)35(30,31)28-21-20-17(33-22(23)24)6-14(7-18(20)34-27-21)11-29-12-15(9-25)10-26-29;/h4-8,10,12,22H,3,9,11,25H2,1-2H3,(H,27,28);1H. The van der Waals surface area contributed by atoms with Gasteiger partial charge in [-0.1, -0.05) is 18.1 Å². The van der Waals surface area contributed by atoms with Crippen LogP contribution >= 0.6 is 12.4 Å². The van der Waals surface area contributed by atoms with Gasteiger partial charge >= 0.3 is 6.61 Å². The first-order valence-corrected chi connectivity index (χ1v) is 12.0. The van der Waals surface area contributed by atoms with Crippen molar-refractivity contribution in [2.24, 2.45) is 5.73 Å². The van der Waals surface area contributed by atoms with Gasteiger partial charge in [0, 0.05) is 18.3 Å². The number of benzene rings is 2. The van der Waals surface area contributed by atoms with Crippen molar-refractivity contribution in [1.82, 2.24) is 14.9 Å². The van der Waals surface area contributed by atoms with Gasteiger partial charge in [0.2, 0.25) is 0 Å². The number of methoxy groups -OCH3 is 1. The lowest BCUT2D eigenvalue weighted by atomic mass is 10.1. The highest BCUT2D eigenvalue weighted by atomic mass is 35.5. The van der Waals surface area contributed by atoms with Crippen LogP contribution in [0.25, 0.3) is 11.0 Å². The molecule has 194 valence electrons. The van der Waals surface area contributed by atoms with E-state index in [0.717, 1.165) is 11.1 Å². The van der Waals surface area contributed by atoms with Crippen LogP contribution < -0.4 is 19.9 Å². The van der Waals surface area contributed by atoms with Gasteiger partial charge in [0.25, 0.3) is 10.0 Å². The number of hydrogen-bond acceptors (Lipinski definition) is 8. The van der Waals surface area contributed by atoms with Gasteiger partial charge in [0.05, 0.1) is 19.9 Å². The van der Waals surface area contributed by atoms with E-state index in [0.29, 0.717) is 18.5 Å². The Balaban J connectivity index is 0.00000361. The average Bonchev–Trinajstić information content (AvgIpc) is 3.44. The number of ether oxygens (including phenoxy) is 2. The van der Waals surface area contributed by atoms with Gasteiger partial charge in [-0.3, -0.25) is 9.40 Å². The molecule has 0 saturated carbocycles. The average molecular weight is 544 g/mol. The lowest BCUT2D eigenvalue weighted by Gasteiger charge is -2.13. The highest BCUT2D eigenvalue weighted by Crippen LogP contribution is 2.37. The number of fused-ring (bicyclic) bond motifs is 1. The molecule has 0 fully saturated rings. The van der Waals surface area contributed by atoms with E-state index < -0.39 is 16.6 Å². The fraction of sp³-hybridized carbons (Fsp3) is 0.273. The summed E-state index contributed by atoms with van der Waals surface area (Å²) in [7, 11) is -2.88. The maximum absolute atomic E-state index is 13.2. The maximum atomic E-state index is 13.2. The maximum Gasteiger partial charge on any atom is 0.387 e. The largest absolute Gasteiger partial charge is 0.495 e. The van der Waals surface area contributed by atoms with Crippen LogP contribution in [-0.4, -0.2) is 37.1 Å².